The maximum absolute atomic E-state index is 11.2. The van der Waals surface area contributed by atoms with Crippen LogP contribution in [-0.4, -0.2) is 22.1 Å². The van der Waals surface area contributed by atoms with Crippen LogP contribution in [0.3, 0.4) is 0 Å². The molecular weight excluding hydrogens is 252 g/mol. The highest BCUT2D eigenvalue weighted by Crippen LogP contribution is 2.28. The minimum Gasteiger partial charge on any atom is -0.478 e. The minimum atomic E-state index is -0.889. The highest BCUT2D eigenvalue weighted by atomic mass is 16.4. The molecule has 0 spiro atoms. The lowest BCUT2D eigenvalue weighted by Crippen LogP contribution is -2.27. The third kappa shape index (κ3) is 3.71. The van der Waals surface area contributed by atoms with Crippen molar-refractivity contribution in [2.24, 2.45) is 5.92 Å². The Labute approximate surface area is 120 Å². The summed E-state index contributed by atoms with van der Waals surface area (Å²) in [5, 5.41) is 12.6. The normalized spacial score (nSPS) is 22.5. The van der Waals surface area contributed by atoms with Crippen LogP contribution < -0.4 is 5.32 Å². The number of aryl methyl sites for hydroxylation is 1. The number of hydrogen-bond acceptors (Lipinski definition) is 3. The van der Waals surface area contributed by atoms with Crippen molar-refractivity contribution in [2.45, 2.75) is 58.4 Å². The molecule has 1 fully saturated rings. The summed E-state index contributed by atoms with van der Waals surface area (Å²) in [5.74, 6) is 0.610. The van der Waals surface area contributed by atoms with Gasteiger partial charge in [0.05, 0.1) is 5.56 Å². The van der Waals surface area contributed by atoms with E-state index in [0.717, 1.165) is 30.9 Å². The Morgan fingerprint density at radius 1 is 1.40 bits per heavy atom. The van der Waals surface area contributed by atoms with Crippen molar-refractivity contribution in [1.29, 1.82) is 0 Å². The van der Waals surface area contributed by atoms with Crippen LogP contribution >= 0.6 is 0 Å². The third-order valence-corrected chi connectivity index (χ3v) is 4.20. The molecule has 20 heavy (non-hydrogen) atoms. The summed E-state index contributed by atoms with van der Waals surface area (Å²) in [4.78, 5) is 15.7. The maximum Gasteiger partial charge on any atom is 0.335 e. The molecule has 1 saturated carbocycles. The van der Waals surface area contributed by atoms with E-state index in [1.54, 1.807) is 12.1 Å². The fourth-order valence-corrected chi connectivity index (χ4v) is 2.97. The smallest absolute Gasteiger partial charge is 0.335 e. The molecule has 2 rings (SSSR count). The molecule has 0 amide bonds. The average Bonchev–Trinajstić information content (AvgIpc) is 2.47. The van der Waals surface area contributed by atoms with Gasteiger partial charge < -0.3 is 10.4 Å². The van der Waals surface area contributed by atoms with Crippen LogP contribution in [-0.2, 0) is 6.42 Å². The number of anilines is 1. The quantitative estimate of drug-likeness (QED) is 0.860. The third-order valence-electron chi connectivity index (χ3n) is 4.20. The highest BCUT2D eigenvalue weighted by Gasteiger charge is 2.21. The van der Waals surface area contributed by atoms with Crippen molar-refractivity contribution in [1.82, 2.24) is 4.98 Å². The van der Waals surface area contributed by atoms with E-state index >= 15 is 0 Å². The number of hydrogen-bond donors (Lipinski definition) is 2. The maximum atomic E-state index is 11.2. The number of nitrogens with one attached hydrogen (secondary N) is 1. The summed E-state index contributed by atoms with van der Waals surface area (Å²) in [5.41, 5.74) is 1.15. The lowest BCUT2D eigenvalue weighted by Gasteiger charge is -2.29. The summed E-state index contributed by atoms with van der Waals surface area (Å²) >= 11 is 0. The van der Waals surface area contributed by atoms with Gasteiger partial charge in [0.2, 0.25) is 0 Å². The number of pyridine rings is 1. The van der Waals surface area contributed by atoms with Crippen LogP contribution in [0.15, 0.2) is 12.1 Å². The molecule has 1 heterocycles. The Bertz CT molecular complexity index is 474. The summed E-state index contributed by atoms with van der Waals surface area (Å²) in [6, 6.07) is 3.73. The molecular formula is C16H24N2O2. The molecule has 4 heteroatoms. The van der Waals surface area contributed by atoms with Crippen LogP contribution in [0.1, 0.15) is 62.0 Å². The standard InChI is InChI=1S/C16H24N2O2/c1-3-11-6-5-7-14(8-11)18-15-10-12(16(19)20)9-13(4-2)17-15/h9-11,14H,3-8H2,1-2H3,(H,17,18)(H,19,20). The van der Waals surface area contributed by atoms with E-state index in [2.05, 4.69) is 17.2 Å². The van der Waals surface area contributed by atoms with Gasteiger partial charge in [-0.1, -0.05) is 33.1 Å². The first kappa shape index (κ1) is 14.8. The molecule has 2 N–H and O–H groups in total. The van der Waals surface area contributed by atoms with E-state index in [1.807, 2.05) is 6.92 Å². The number of aromatic carboxylic acids is 1. The second-order valence-electron chi connectivity index (χ2n) is 5.67. The Kier molecular flexibility index (Phi) is 4.99. The van der Waals surface area contributed by atoms with Crippen molar-refractivity contribution in [3.63, 3.8) is 0 Å². The molecule has 2 atom stereocenters. The van der Waals surface area contributed by atoms with Gasteiger partial charge in [0.15, 0.2) is 0 Å². The molecule has 1 aliphatic rings. The van der Waals surface area contributed by atoms with Crippen molar-refractivity contribution in [3.8, 4) is 0 Å². The van der Waals surface area contributed by atoms with Gasteiger partial charge in [-0.3, -0.25) is 0 Å². The molecule has 0 bridgehead atoms. The van der Waals surface area contributed by atoms with Crippen LogP contribution in [0, 0.1) is 5.92 Å². The number of rotatable bonds is 5. The average molecular weight is 276 g/mol. The summed E-state index contributed by atoms with van der Waals surface area (Å²) < 4.78 is 0. The number of nitrogens with zero attached hydrogens (tertiary/aromatic N) is 1. The van der Waals surface area contributed by atoms with E-state index in [1.165, 1.54) is 19.3 Å². The molecule has 2 unspecified atom stereocenters. The van der Waals surface area contributed by atoms with Crippen molar-refractivity contribution in [2.75, 3.05) is 5.32 Å². The van der Waals surface area contributed by atoms with Crippen LogP contribution in [0.5, 0.6) is 0 Å². The van der Waals surface area contributed by atoms with Gasteiger partial charge in [0.25, 0.3) is 0 Å². The second-order valence-corrected chi connectivity index (χ2v) is 5.67. The topological polar surface area (TPSA) is 62.2 Å². The van der Waals surface area contributed by atoms with Crippen LogP contribution in [0.4, 0.5) is 5.82 Å². The Morgan fingerprint density at radius 2 is 2.20 bits per heavy atom. The van der Waals surface area contributed by atoms with Gasteiger partial charge in [0, 0.05) is 11.7 Å². The van der Waals surface area contributed by atoms with E-state index in [0.29, 0.717) is 17.4 Å². The van der Waals surface area contributed by atoms with Crippen LogP contribution in [0.2, 0.25) is 0 Å². The molecule has 1 aliphatic carbocycles. The van der Waals surface area contributed by atoms with E-state index < -0.39 is 5.97 Å². The molecule has 110 valence electrons. The lowest BCUT2D eigenvalue weighted by atomic mass is 9.84. The fourth-order valence-electron chi connectivity index (χ4n) is 2.97. The first-order chi connectivity index (χ1) is 9.62. The molecule has 1 aromatic heterocycles. The van der Waals surface area contributed by atoms with Gasteiger partial charge in [0.1, 0.15) is 5.82 Å². The molecule has 0 aromatic carbocycles. The summed E-state index contributed by atoms with van der Waals surface area (Å²) in [6.07, 6.45) is 6.85. The Balaban J connectivity index is 2.11. The van der Waals surface area contributed by atoms with Gasteiger partial charge >= 0.3 is 5.97 Å². The Hall–Kier alpha value is -1.58. The van der Waals surface area contributed by atoms with Crippen molar-refractivity contribution in [3.05, 3.63) is 23.4 Å². The largest absolute Gasteiger partial charge is 0.478 e. The lowest BCUT2D eigenvalue weighted by molar-refractivity contribution is 0.0696. The van der Waals surface area contributed by atoms with Gasteiger partial charge in [-0.05, 0) is 37.3 Å². The SMILES string of the molecule is CCc1cc(C(=O)O)cc(NC2CCCC(CC)C2)n1. The van der Waals surface area contributed by atoms with E-state index in [9.17, 15) is 4.79 Å². The summed E-state index contributed by atoms with van der Waals surface area (Å²) in [7, 11) is 0. The van der Waals surface area contributed by atoms with E-state index in [4.69, 9.17) is 5.11 Å². The number of aromatic nitrogens is 1. The Morgan fingerprint density at radius 3 is 2.85 bits per heavy atom. The van der Waals surface area contributed by atoms with E-state index in [-0.39, 0.29) is 0 Å². The molecule has 4 nitrogen and oxygen atoms in total. The highest BCUT2D eigenvalue weighted by molar-refractivity contribution is 5.88. The minimum absolute atomic E-state index is 0.321. The zero-order chi connectivity index (χ0) is 14.5. The van der Waals surface area contributed by atoms with Gasteiger partial charge in [-0.15, -0.1) is 0 Å². The van der Waals surface area contributed by atoms with Crippen molar-refractivity contribution >= 4 is 11.8 Å². The number of carbonyl (C=O) groups is 1. The first-order valence-electron chi connectivity index (χ1n) is 7.63. The molecule has 0 radical (unpaired) electrons. The number of carboxylic acid groups (broad SMARTS) is 1. The van der Waals surface area contributed by atoms with Gasteiger partial charge in [-0.2, -0.15) is 0 Å². The van der Waals surface area contributed by atoms with Crippen molar-refractivity contribution < 1.29 is 9.90 Å². The molecule has 0 aliphatic heterocycles. The monoisotopic (exact) mass is 276 g/mol. The summed E-state index contributed by atoms with van der Waals surface area (Å²) in [6.45, 7) is 4.23. The number of carboxylic acids is 1. The predicted molar refractivity (Wildman–Crippen MR) is 80.2 cm³/mol. The predicted octanol–water partition coefficient (Wildman–Crippen LogP) is 3.72. The second kappa shape index (κ2) is 6.73. The molecule has 1 aromatic rings. The fraction of sp³-hybridized carbons (Fsp3) is 0.625. The first-order valence-corrected chi connectivity index (χ1v) is 7.63. The molecule has 0 saturated heterocycles. The zero-order valence-electron chi connectivity index (χ0n) is 12.4. The zero-order valence-corrected chi connectivity index (χ0v) is 12.4. The van der Waals surface area contributed by atoms with Gasteiger partial charge in [-0.25, -0.2) is 9.78 Å². The van der Waals surface area contributed by atoms with Crippen LogP contribution in [0.25, 0.3) is 0 Å².